The lowest BCUT2D eigenvalue weighted by molar-refractivity contribution is 0.0300. The maximum Gasteiger partial charge on any atom is 0.349 e. The molecule has 6 heteroatoms. The first kappa shape index (κ1) is 13.3. The summed E-state index contributed by atoms with van der Waals surface area (Å²) in [6, 6.07) is 0. The molecule has 1 aliphatic rings. The number of thiazole rings is 1. The van der Waals surface area contributed by atoms with Crippen LogP contribution in [0.25, 0.3) is 0 Å². The number of esters is 1. The van der Waals surface area contributed by atoms with E-state index in [-0.39, 0.29) is 11.4 Å². The minimum absolute atomic E-state index is 0.245. The Hall–Kier alpha value is -1.14. The zero-order valence-electron chi connectivity index (χ0n) is 10.7. The molecule has 5 nitrogen and oxygen atoms in total. The van der Waals surface area contributed by atoms with Crippen LogP contribution in [0.1, 0.15) is 29.4 Å². The Kier molecular flexibility index (Phi) is 4.19. The number of carbonyl (C=O) groups excluding carboxylic acids is 1. The highest BCUT2D eigenvalue weighted by molar-refractivity contribution is 7.17. The third-order valence-electron chi connectivity index (χ3n) is 3.26. The fourth-order valence-electron chi connectivity index (χ4n) is 1.88. The monoisotopic (exact) mass is 270 g/mol. The molecule has 1 N–H and O–H groups in total. The van der Waals surface area contributed by atoms with Gasteiger partial charge >= 0.3 is 5.97 Å². The van der Waals surface area contributed by atoms with Gasteiger partial charge in [0.25, 0.3) is 0 Å². The van der Waals surface area contributed by atoms with E-state index < -0.39 is 0 Å². The van der Waals surface area contributed by atoms with Crippen LogP contribution in [0, 0.1) is 5.41 Å². The molecule has 0 saturated carbocycles. The highest BCUT2D eigenvalue weighted by atomic mass is 32.1. The van der Waals surface area contributed by atoms with E-state index in [1.54, 1.807) is 6.20 Å². The summed E-state index contributed by atoms with van der Waals surface area (Å²) < 4.78 is 10.0. The molecule has 100 valence electrons. The molecule has 2 heterocycles. The second kappa shape index (κ2) is 5.67. The molecule has 0 radical (unpaired) electrons. The molecule has 0 unspecified atom stereocenters. The number of carbonyl (C=O) groups is 1. The summed E-state index contributed by atoms with van der Waals surface area (Å²) in [7, 11) is 1.37. The predicted octanol–water partition coefficient (Wildman–Crippen LogP) is 2.16. The zero-order chi connectivity index (χ0) is 13.0. The van der Waals surface area contributed by atoms with E-state index in [1.165, 1.54) is 18.4 Å². The standard InChI is InChI=1S/C12H18N2O3S/c1-12(3-5-17-6-4-12)8-14-11-13-7-9(18-11)10(15)16-2/h7H,3-6,8H2,1-2H3,(H,13,14). The SMILES string of the molecule is COC(=O)c1cnc(NCC2(C)CCOCC2)s1. The first-order valence-electron chi connectivity index (χ1n) is 5.99. The van der Waals surface area contributed by atoms with Gasteiger partial charge in [-0.25, -0.2) is 9.78 Å². The maximum absolute atomic E-state index is 11.3. The smallest absolute Gasteiger partial charge is 0.349 e. The lowest BCUT2D eigenvalue weighted by Crippen LogP contribution is -2.33. The Balaban J connectivity index is 1.89. The number of nitrogens with zero attached hydrogens (tertiary/aromatic N) is 1. The summed E-state index contributed by atoms with van der Waals surface area (Å²) >= 11 is 1.32. The second-order valence-corrected chi connectivity index (χ2v) is 5.83. The summed E-state index contributed by atoms with van der Waals surface area (Å²) in [4.78, 5) is 16.0. The van der Waals surface area contributed by atoms with E-state index in [0.29, 0.717) is 4.88 Å². The van der Waals surface area contributed by atoms with Gasteiger partial charge in [-0.2, -0.15) is 0 Å². The van der Waals surface area contributed by atoms with Crippen LogP contribution in [0.15, 0.2) is 6.20 Å². The molecule has 0 bridgehead atoms. The van der Waals surface area contributed by atoms with Gasteiger partial charge in [-0.1, -0.05) is 18.3 Å². The number of ether oxygens (including phenoxy) is 2. The Labute approximate surface area is 111 Å². The quantitative estimate of drug-likeness (QED) is 0.850. The van der Waals surface area contributed by atoms with E-state index in [9.17, 15) is 4.79 Å². The minimum atomic E-state index is -0.335. The molecular formula is C12H18N2O3S. The molecule has 0 aliphatic carbocycles. The van der Waals surface area contributed by atoms with Gasteiger partial charge in [0.05, 0.1) is 13.3 Å². The van der Waals surface area contributed by atoms with E-state index in [2.05, 4.69) is 22.0 Å². The molecule has 1 fully saturated rings. The number of aromatic nitrogens is 1. The average Bonchev–Trinajstić information content (AvgIpc) is 2.85. The molecular weight excluding hydrogens is 252 g/mol. The van der Waals surface area contributed by atoms with Gasteiger partial charge in [0, 0.05) is 19.8 Å². The van der Waals surface area contributed by atoms with Crippen LogP contribution in [0.5, 0.6) is 0 Å². The summed E-state index contributed by atoms with van der Waals surface area (Å²) in [5.41, 5.74) is 0.245. The average molecular weight is 270 g/mol. The number of methoxy groups -OCH3 is 1. The lowest BCUT2D eigenvalue weighted by atomic mass is 9.82. The third-order valence-corrected chi connectivity index (χ3v) is 4.19. The largest absolute Gasteiger partial charge is 0.465 e. The Morgan fingerprint density at radius 1 is 1.61 bits per heavy atom. The maximum atomic E-state index is 11.3. The van der Waals surface area contributed by atoms with Gasteiger partial charge in [-0.05, 0) is 18.3 Å². The minimum Gasteiger partial charge on any atom is -0.465 e. The fourth-order valence-corrected chi connectivity index (χ4v) is 2.61. The number of hydrogen-bond donors (Lipinski definition) is 1. The zero-order valence-corrected chi connectivity index (χ0v) is 11.5. The van der Waals surface area contributed by atoms with E-state index >= 15 is 0 Å². The number of rotatable bonds is 4. The van der Waals surface area contributed by atoms with Gasteiger partial charge in [0.1, 0.15) is 4.88 Å². The van der Waals surface area contributed by atoms with E-state index in [0.717, 1.165) is 37.7 Å². The molecule has 0 aromatic carbocycles. The van der Waals surface area contributed by atoms with Crippen LogP contribution in [0.4, 0.5) is 5.13 Å². The van der Waals surface area contributed by atoms with Crippen LogP contribution in [-0.4, -0.2) is 37.8 Å². The number of anilines is 1. The molecule has 1 saturated heterocycles. The van der Waals surface area contributed by atoms with Crippen molar-refractivity contribution in [3.05, 3.63) is 11.1 Å². The van der Waals surface area contributed by atoms with Crippen LogP contribution in [0.3, 0.4) is 0 Å². The van der Waals surface area contributed by atoms with Crippen molar-refractivity contribution in [2.45, 2.75) is 19.8 Å². The van der Waals surface area contributed by atoms with Gasteiger partial charge in [0.2, 0.25) is 0 Å². The molecule has 1 aliphatic heterocycles. The van der Waals surface area contributed by atoms with Crippen molar-refractivity contribution >= 4 is 22.4 Å². The molecule has 0 amide bonds. The first-order chi connectivity index (χ1) is 8.63. The summed E-state index contributed by atoms with van der Waals surface area (Å²) in [6.07, 6.45) is 3.65. The molecule has 2 rings (SSSR count). The second-order valence-electron chi connectivity index (χ2n) is 4.80. The summed E-state index contributed by atoms with van der Waals surface area (Å²) in [6.45, 7) is 4.74. The van der Waals surface area contributed by atoms with Crippen molar-refractivity contribution in [3.63, 3.8) is 0 Å². The van der Waals surface area contributed by atoms with Crippen LogP contribution < -0.4 is 5.32 Å². The number of nitrogens with one attached hydrogen (secondary N) is 1. The normalized spacial score (nSPS) is 18.3. The highest BCUT2D eigenvalue weighted by Crippen LogP contribution is 2.30. The Morgan fingerprint density at radius 3 is 3.00 bits per heavy atom. The summed E-state index contributed by atoms with van der Waals surface area (Å²) in [5.74, 6) is -0.335. The van der Waals surface area contributed by atoms with Gasteiger partial charge in [-0.15, -0.1) is 0 Å². The van der Waals surface area contributed by atoms with Crippen molar-refractivity contribution in [2.24, 2.45) is 5.41 Å². The van der Waals surface area contributed by atoms with E-state index in [1.807, 2.05) is 0 Å². The number of hydrogen-bond acceptors (Lipinski definition) is 6. The molecule has 18 heavy (non-hydrogen) atoms. The molecule has 1 aromatic rings. The van der Waals surface area contributed by atoms with Crippen LogP contribution >= 0.6 is 11.3 Å². The van der Waals surface area contributed by atoms with Crippen molar-refractivity contribution in [2.75, 3.05) is 32.2 Å². The van der Waals surface area contributed by atoms with Crippen molar-refractivity contribution in [1.29, 1.82) is 0 Å². The molecule has 0 atom stereocenters. The van der Waals surface area contributed by atoms with Crippen molar-refractivity contribution in [1.82, 2.24) is 4.98 Å². The summed E-state index contributed by atoms with van der Waals surface area (Å²) in [5, 5.41) is 4.07. The Morgan fingerprint density at radius 2 is 2.33 bits per heavy atom. The molecule has 0 spiro atoms. The van der Waals surface area contributed by atoms with E-state index in [4.69, 9.17) is 4.74 Å². The molecule has 1 aromatic heterocycles. The van der Waals surface area contributed by atoms with Crippen LogP contribution in [0.2, 0.25) is 0 Å². The van der Waals surface area contributed by atoms with Crippen molar-refractivity contribution in [3.8, 4) is 0 Å². The first-order valence-corrected chi connectivity index (χ1v) is 6.80. The Bertz CT molecular complexity index is 413. The lowest BCUT2D eigenvalue weighted by Gasteiger charge is -2.33. The van der Waals surface area contributed by atoms with Gasteiger partial charge in [0.15, 0.2) is 5.13 Å². The fraction of sp³-hybridized carbons (Fsp3) is 0.667. The topological polar surface area (TPSA) is 60.5 Å². The van der Waals surface area contributed by atoms with Crippen molar-refractivity contribution < 1.29 is 14.3 Å². The third kappa shape index (κ3) is 3.20. The van der Waals surface area contributed by atoms with Gasteiger partial charge < -0.3 is 14.8 Å². The predicted molar refractivity (Wildman–Crippen MR) is 70.1 cm³/mol. The van der Waals surface area contributed by atoms with Crippen LogP contribution in [-0.2, 0) is 9.47 Å². The van der Waals surface area contributed by atoms with Gasteiger partial charge in [-0.3, -0.25) is 0 Å². The highest BCUT2D eigenvalue weighted by Gasteiger charge is 2.27.